The van der Waals surface area contributed by atoms with Crippen LogP contribution in [0.3, 0.4) is 0 Å². The lowest BCUT2D eigenvalue weighted by Gasteiger charge is -2.16. The highest BCUT2D eigenvalue weighted by Gasteiger charge is 2.61. The second-order valence-corrected chi connectivity index (χ2v) is 7.75. The first-order valence-electron chi connectivity index (χ1n) is 7.94. The van der Waals surface area contributed by atoms with Crippen molar-refractivity contribution in [2.75, 3.05) is 13.2 Å². The van der Waals surface area contributed by atoms with E-state index in [2.05, 4.69) is 11.4 Å². The molecule has 0 aromatic heterocycles. The molecule has 0 spiro atoms. The van der Waals surface area contributed by atoms with E-state index >= 15 is 0 Å². The van der Waals surface area contributed by atoms with Crippen LogP contribution in [-0.4, -0.2) is 41.5 Å². The van der Waals surface area contributed by atoms with E-state index in [0.717, 1.165) is 4.90 Å². The van der Waals surface area contributed by atoms with Crippen molar-refractivity contribution in [3.8, 4) is 0 Å². The molecule has 2 aliphatic rings. The van der Waals surface area contributed by atoms with Gasteiger partial charge >= 0.3 is 12.0 Å². The Balaban J connectivity index is 1.86. The van der Waals surface area contributed by atoms with Gasteiger partial charge < -0.3 is 10.1 Å². The van der Waals surface area contributed by atoms with E-state index in [0.29, 0.717) is 0 Å². The second-order valence-electron chi connectivity index (χ2n) is 7.75. The highest BCUT2D eigenvalue weighted by Crippen LogP contribution is 2.59. The van der Waals surface area contributed by atoms with Gasteiger partial charge in [0.2, 0.25) is 0 Å². The molecule has 1 saturated heterocycles. The lowest BCUT2D eigenvalue weighted by Crippen LogP contribution is -2.40. The van der Waals surface area contributed by atoms with E-state index in [9.17, 15) is 14.4 Å². The minimum Gasteiger partial charge on any atom is -0.464 e. The molecule has 0 aromatic rings. The molecule has 6 heteroatoms. The van der Waals surface area contributed by atoms with Gasteiger partial charge in [0.25, 0.3) is 5.91 Å². The van der Waals surface area contributed by atoms with Gasteiger partial charge in [-0.15, -0.1) is 0 Å². The summed E-state index contributed by atoms with van der Waals surface area (Å²) in [5.74, 6) is -0.524. The van der Waals surface area contributed by atoms with Gasteiger partial charge in [0, 0.05) is 0 Å². The highest BCUT2D eigenvalue weighted by atomic mass is 16.5. The van der Waals surface area contributed by atoms with Crippen LogP contribution < -0.4 is 5.32 Å². The highest BCUT2D eigenvalue weighted by molar-refractivity contribution is 6.06. The maximum atomic E-state index is 12.2. The number of rotatable bonds is 5. The number of amides is 3. The minimum absolute atomic E-state index is 0.0300. The summed E-state index contributed by atoms with van der Waals surface area (Å²) in [7, 11) is 0. The van der Waals surface area contributed by atoms with Gasteiger partial charge in [-0.25, -0.2) is 4.79 Å². The molecule has 0 unspecified atom stereocenters. The Kier molecular flexibility index (Phi) is 4.30. The van der Waals surface area contributed by atoms with Crippen LogP contribution in [0.15, 0.2) is 11.6 Å². The maximum absolute atomic E-state index is 12.2. The third kappa shape index (κ3) is 3.26. The zero-order chi connectivity index (χ0) is 17.6. The quantitative estimate of drug-likeness (QED) is 0.478. The average Bonchev–Trinajstić information content (AvgIpc) is 2.85. The maximum Gasteiger partial charge on any atom is 0.325 e. The smallest absolute Gasteiger partial charge is 0.325 e. The fraction of sp³-hybridized carbons (Fsp3) is 0.706. The fourth-order valence-electron chi connectivity index (χ4n) is 3.15. The topological polar surface area (TPSA) is 75.7 Å². The first kappa shape index (κ1) is 17.5. The van der Waals surface area contributed by atoms with Crippen molar-refractivity contribution in [3.63, 3.8) is 0 Å². The number of esters is 1. The van der Waals surface area contributed by atoms with E-state index in [1.54, 1.807) is 13.8 Å². The number of hydrogen-bond acceptors (Lipinski definition) is 4. The summed E-state index contributed by atoms with van der Waals surface area (Å²) in [6.45, 7) is 11.5. The Bertz CT molecular complexity index is 573. The van der Waals surface area contributed by atoms with E-state index in [1.807, 2.05) is 27.7 Å². The molecule has 23 heavy (non-hydrogen) atoms. The molecule has 3 amide bonds. The molecular formula is C17H26N2O4. The number of allylic oxidation sites excluding steroid dienone is 2. The molecule has 1 saturated carbocycles. The summed E-state index contributed by atoms with van der Waals surface area (Å²) in [4.78, 5) is 37.1. The van der Waals surface area contributed by atoms with Crippen molar-refractivity contribution >= 4 is 17.9 Å². The first-order valence-corrected chi connectivity index (χ1v) is 7.94. The fourth-order valence-corrected chi connectivity index (χ4v) is 3.15. The SMILES string of the molecule is CC(C)=C[C@H]1[C@H](C(=O)OCCN2C(=O)NC(C)(C)C2=O)C1(C)C. The number of nitrogens with zero attached hydrogens (tertiary/aromatic N) is 1. The molecule has 2 fully saturated rings. The van der Waals surface area contributed by atoms with E-state index < -0.39 is 11.6 Å². The van der Waals surface area contributed by atoms with E-state index in [-0.39, 0.29) is 42.3 Å². The van der Waals surface area contributed by atoms with Gasteiger partial charge in [0.15, 0.2) is 0 Å². The zero-order valence-corrected chi connectivity index (χ0v) is 14.7. The standard InChI is InChI=1S/C17H26N2O4/c1-10(2)9-11-12(16(11,3)4)13(20)23-8-7-19-14(21)17(5,6)18-15(19)22/h9,11-12H,7-8H2,1-6H3,(H,18,22)/t11-,12+/m0/s1. The Hall–Kier alpha value is -1.85. The summed E-state index contributed by atoms with van der Waals surface area (Å²) in [5, 5.41) is 2.60. The molecule has 0 aromatic carbocycles. The molecule has 128 valence electrons. The van der Waals surface area contributed by atoms with Crippen molar-refractivity contribution < 1.29 is 19.1 Å². The van der Waals surface area contributed by atoms with Gasteiger partial charge in [-0.05, 0) is 39.0 Å². The van der Waals surface area contributed by atoms with Gasteiger partial charge in [0.1, 0.15) is 12.1 Å². The van der Waals surface area contributed by atoms with Gasteiger partial charge in [-0.3, -0.25) is 14.5 Å². The van der Waals surface area contributed by atoms with Crippen LogP contribution in [0, 0.1) is 17.3 Å². The number of carbonyl (C=O) groups is 3. The molecule has 1 aliphatic heterocycles. The largest absolute Gasteiger partial charge is 0.464 e. The molecule has 0 bridgehead atoms. The van der Waals surface area contributed by atoms with E-state index in [4.69, 9.17) is 4.74 Å². The van der Waals surface area contributed by atoms with Crippen molar-refractivity contribution in [1.82, 2.24) is 10.2 Å². The number of nitrogens with one attached hydrogen (secondary N) is 1. The van der Waals surface area contributed by atoms with Crippen molar-refractivity contribution in [2.24, 2.45) is 17.3 Å². The second kappa shape index (κ2) is 5.65. The molecule has 2 rings (SSSR count). The summed E-state index contributed by atoms with van der Waals surface area (Å²) in [5.41, 5.74) is 0.186. The molecular weight excluding hydrogens is 296 g/mol. The molecule has 2 atom stereocenters. The Morgan fingerprint density at radius 1 is 1.26 bits per heavy atom. The molecule has 1 heterocycles. The van der Waals surface area contributed by atoms with Crippen molar-refractivity contribution in [3.05, 3.63) is 11.6 Å². The third-order valence-corrected chi connectivity index (χ3v) is 4.68. The van der Waals surface area contributed by atoms with Crippen LogP contribution in [0.1, 0.15) is 41.5 Å². The number of urea groups is 1. The van der Waals surface area contributed by atoms with Crippen LogP contribution >= 0.6 is 0 Å². The predicted molar refractivity (Wildman–Crippen MR) is 85.5 cm³/mol. The predicted octanol–water partition coefficient (Wildman–Crippen LogP) is 2.10. The van der Waals surface area contributed by atoms with Crippen LogP contribution in [0.4, 0.5) is 4.79 Å². The minimum atomic E-state index is -0.895. The summed E-state index contributed by atoms with van der Waals surface area (Å²) >= 11 is 0. The van der Waals surface area contributed by atoms with Crippen LogP contribution in [0.5, 0.6) is 0 Å². The monoisotopic (exact) mass is 322 g/mol. The number of ether oxygens (including phenoxy) is 1. The van der Waals surface area contributed by atoms with Gasteiger partial charge in [-0.2, -0.15) is 0 Å². The van der Waals surface area contributed by atoms with Crippen LogP contribution in [-0.2, 0) is 14.3 Å². The summed E-state index contributed by atoms with van der Waals surface area (Å²) < 4.78 is 5.30. The molecule has 6 nitrogen and oxygen atoms in total. The lowest BCUT2D eigenvalue weighted by atomic mass is 10.1. The Morgan fingerprint density at radius 2 is 1.87 bits per heavy atom. The lowest BCUT2D eigenvalue weighted by molar-refractivity contribution is -0.147. The molecule has 0 radical (unpaired) electrons. The number of hydrogen-bond donors (Lipinski definition) is 1. The summed E-state index contributed by atoms with van der Waals surface area (Å²) in [6, 6.07) is -0.440. The first-order chi connectivity index (χ1) is 10.5. The van der Waals surface area contributed by atoms with Crippen LogP contribution in [0.25, 0.3) is 0 Å². The Labute approximate surface area is 137 Å². The molecule has 1 aliphatic carbocycles. The molecule has 1 N–H and O–H groups in total. The van der Waals surface area contributed by atoms with Crippen molar-refractivity contribution in [1.29, 1.82) is 0 Å². The normalized spacial score (nSPS) is 27.5. The average molecular weight is 322 g/mol. The third-order valence-electron chi connectivity index (χ3n) is 4.68. The van der Waals surface area contributed by atoms with Crippen LogP contribution in [0.2, 0.25) is 0 Å². The van der Waals surface area contributed by atoms with Gasteiger partial charge in [0.05, 0.1) is 12.5 Å². The summed E-state index contributed by atoms with van der Waals surface area (Å²) in [6.07, 6.45) is 2.10. The zero-order valence-electron chi connectivity index (χ0n) is 14.7. The Morgan fingerprint density at radius 3 is 2.35 bits per heavy atom. The number of carbonyl (C=O) groups excluding carboxylic acids is 3. The van der Waals surface area contributed by atoms with Crippen molar-refractivity contribution in [2.45, 2.75) is 47.1 Å². The van der Waals surface area contributed by atoms with E-state index in [1.165, 1.54) is 5.57 Å². The number of imide groups is 1. The van der Waals surface area contributed by atoms with Gasteiger partial charge in [-0.1, -0.05) is 25.5 Å².